The molecule has 6 N–H and O–H groups in total. The van der Waals surface area contributed by atoms with Crippen molar-refractivity contribution >= 4 is 5.78 Å². The molecule has 0 spiro atoms. The summed E-state index contributed by atoms with van der Waals surface area (Å²) >= 11 is 0. The number of fused-ring (bicyclic) bond motifs is 5. The second-order valence-electron chi connectivity index (χ2n) is 13.4. The van der Waals surface area contributed by atoms with E-state index >= 15 is 0 Å². The van der Waals surface area contributed by atoms with Crippen LogP contribution in [0.5, 0.6) is 0 Å². The Morgan fingerprint density at radius 3 is 2.42 bits per heavy atom. The number of hydrogen-bond acceptors (Lipinski definition) is 7. The van der Waals surface area contributed by atoms with Crippen molar-refractivity contribution < 1.29 is 35.4 Å². The maximum absolute atomic E-state index is 13.3. The molecule has 4 aliphatic rings. The van der Waals surface area contributed by atoms with E-state index in [1.54, 1.807) is 13.0 Å². The molecule has 3 fully saturated rings. The number of hydrogen-bond donors (Lipinski definition) is 6. The molecular formula is C29H48O7. The molecule has 4 rings (SSSR count). The summed E-state index contributed by atoms with van der Waals surface area (Å²) in [7, 11) is 0. The van der Waals surface area contributed by atoms with E-state index < -0.39 is 40.3 Å². The molecule has 0 aliphatic heterocycles. The van der Waals surface area contributed by atoms with Crippen LogP contribution in [0.1, 0.15) is 86.0 Å². The van der Waals surface area contributed by atoms with Gasteiger partial charge in [0.25, 0.3) is 0 Å². The Hall–Kier alpha value is -0.830. The Labute approximate surface area is 215 Å². The quantitative estimate of drug-likeness (QED) is 0.310. The standard InChI is InChI=1S/C29H48O7/c1-6-17(16(2)15-30)11-25(34)28(5,35)24-8-10-29(36)19-12-21(31)20-13-22(32)23(33)14-26(20,3)18(19)7-9-27(24,29)4/h12,16-18,20,22-25,30,32-36H,6-11,13-15H2,1-5H3/t16-,17+,18-,20-,22+,23-,24-,25+,26+,27+,28+,29+/m0/s1. The lowest BCUT2D eigenvalue weighted by Crippen LogP contribution is -2.63. The van der Waals surface area contributed by atoms with Crippen molar-refractivity contribution in [2.75, 3.05) is 6.61 Å². The van der Waals surface area contributed by atoms with Gasteiger partial charge in [0, 0.05) is 17.9 Å². The Bertz CT molecular complexity index is 885. The van der Waals surface area contributed by atoms with Crippen LogP contribution in [-0.2, 0) is 4.79 Å². The van der Waals surface area contributed by atoms with Crippen molar-refractivity contribution in [3.63, 3.8) is 0 Å². The number of aliphatic hydroxyl groups excluding tert-OH is 4. The molecule has 0 aromatic heterocycles. The summed E-state index contributed by atoms with van der Waals surface area (Å²) in [5, 5.41) is 65.7. The molecule has 12 atom stereocenters. The number of aliphatic hydroxyl groups is 6. The van der Waals surface area contributed by atoms with Crippen LogP contribution in [0.2, 0.25) is 0 Å². The molecule has 0 unspecified atom stereocenters. The number of ketones is 1. The fourth-order valence-electron chi connectivity index (χ4n) is 9.02. The summed E-state index contributed by atoms with van der Waals surface area (Å²) in [4.78, 5) is 13.3. The largest absolute Gasteiger partial charge is 0.396 e. The first-order valence-corrected chi connectivity index (χ1v) is 14.0. The average molecular weight is 509 g/mol. The molecule has 206 valence electrons. The van der Waals surface area contributed by atoms with E-state index in [1.807, 2.05) is 27.7 Å². The molecule has 0 aromatic carbocycles. The topological polar surface area (TPSA) is 138 Å². The van der Waals surface area contributed by atoms with Crippen LogP contribution in [0.15, 0.2) is 11.6 Å². The summed E-state index contributed by atoms with van der Waals surface area (Å²) in [6.07, 6.45) is 2.83. The first-order valence-electron chi connectivity index (χ1n) is 14.0. The second-order valence-corrected chi connectivity index (χ2v) is 13.4. The molecule has 3 saturated carbocycles. The first-order chi connectivity index (χ1) is 16.7. The zero-order valence-corrected chi connectivity index (χ0v) is 22.7. The van der Waals surface area contributed by atoms with E-state index in [4.69, 9.17) is 0 Å². The van der Waals surface area contributed by atoms with E-state index in [1.165, 1.54) is 0 Å². The summed E-state index contributed by atoms with van der Waals surface area (Å²) in [5.41, 5.74) is -3.26. The lowest BCUT2D eigenvalue weighted by molar-refractivity contribution is -0.178. The minimum Gasteiger partial charge on any atom is -0.396 e. The summed E-state index contributed by atoms with van der Waals surface area (Å²) in [6, 6.07) is 0. The molecule has 0 aromatic rings. The Balaban J connectivity index is 1.65. The smallest absolute Gasteiger partial charge is 0.159 e. The maximum atomic E-state index is 13.3. The predicted octanol–water partition coefficient (Wildman–Crippen LogP) is 2.35. The van der Waals surface area contributed by atoms with Crippen LogP contribution in [-0.4, -0.2) is 72.5 Å². The highest BCUT2D eigenvalue weighted by molar-refractivity contribution is 5.95. The number of allylic oxidation sites excluding steroid dienone is 1. The lowest BCUT2D eigenvalue weighted by atomic mass is 9.45. The molecule has 0 heterocycles. The van der Waals surface area contributed by atoms with Crippen LogP contribution in [0.3, 0.4) is 0 Å². The van der Waals surface area contributed by atoms with Gasteiger partial charge >= 0.3 is 0 Å². The van der Waals surface area contributed by atoms with Crippen LogP contribution in [0.25, 0.3) is 0 Å². The average Bonchev–Trinajstić information content (AvgIpc) is 3.10. The number of carbonyl (C=O) groups is 1. The van der Waals surface area contributed by atoms with Crippen LogP contribution < -0.4 is 0 Å². The molecule has 36 heavy (non-hydrogen) atoms. The fraction of sp³-hybridized carbons (Fsp3) is 0.897. The van der Waals surface area contributed by atoms with Gasteiger partial charge in [-0.1, -0.05) is 34.1 Å². The van der Waals surface area contributed by atoms with Crippen molar-refractivity contribution in [1.82, 2.24) is 0 Å². The van der Waals surface area contributed by atoms with Crippen molar-refractivity contribution in [2.45, 2.75) is 115 Å². The fourth-order valence-corrected chi connectivity index (χ4v) is 9.02. The van der Waals surface area contributed by atoms with Crippen molar-refractivity contribution in [2.24, 2.45) is 40.4 Å². The van der Waals surface area contributed by atoms with Gasteiger partial charge < -0.3 is 30.6 Å². The summed E-state index contributed by atoms with van der Waals surface area (Å²) in [6.45, 7) is 9.70. The Morgan fingerprint density at radius 1 is 1.14 bits per heavy atom. The third-order valence-corrected chi connectivity index (χ3v) is 11.6. The molecule has 0 amide bonds. The summed E-state index contributed by atoms with van der Waals surface area (Å²) in [5.74, 6) is -0.824. The van der Waals surface area contributed by atoms with Gasteiger partial charge in [0.2, 0.25) is 0 Å². The third-order valence-electron chi connectivity index (χ3n) is 11.6. The summed E-state index contributed by atoms with van der Waals surface area (Å²) < 4.78 is 0. The molecule has 7 nitrogen and oxygen atoms in total. The zero-order valence-electron chi connectivity index (χ0n) is 22.7. The zero-order chi connectivity index (χ0) is 26.8. The third kappa shape index (κ3) is 3.95. The Kier molecular flexibility index (Phi) is 7.38. The van der Waals surface area contributed by atoms with E-state index in [0.29, 0.717) is 32.1 Å². The second kappa shape index (κ2) is 9.42. The van der Waals surface area contributed by atoms with E-state index in [2.05, 4.69) is 0 Å². The van der Waals surface area contributed by atoms with Gasteiger partial charge in [0.1, 0.15) is 0 Å². The molecule has 0 saturated heterocycles. The van der Waals surface area contributed by atoms with E-state index in [-0.39, 0.29) is 48.4 Å². The maximum Gasteiger partial charge on any atom is 0.159 e. The van der Waals surface area contributed by atoms with Gasteiger partial charge in [-0.05, 0) is 92.6 Å². The van der Waals surface area contributed by atoms with Gasteiger partial charge in [-0.15, -0.1) is 0 Å². The number of carbonyl (C=O) groups excluding carboxylic acids is 1. The van der Waals surface area contributed by atoms with Gasteiger partial charge in [-0.25, -0.2) is 0 Å². The molecule has 0 radical (unpaired) electrons. The van der Waals surface area contributed by atoms with E-state index in [9.17, 15) is 35.4 Å². The molecule has 0 bridgehead atoms. The highest BCUT2D eigenvalue weighted by Crippen LogP contribution is 2.68. The normalized spacial score (nSPS) is 46.6. The predicted molar refractivity (Wildman–Crippen MR) is 136 cm³/mol. The Morgan fingerprint density at radius 2 is 1.81 bits per heavy atom. The van der Waals surface area contributed by atoms with Crippen molar-refractivity contribution in [3.05, 3.63) is 11.6 Å². The van der Waals surface area contributed by atoms with E-state index in [0.717, 1.165) is 18.4 Å². The SMILES string of the molecule is CC[C@H](C[C@@H](O)[C@](C)(O)[C@H]1CC[C@@]2(O)C3=CC(=O)[C@@H]4C[C@@H](O)[C@@H](O)C[C@]4(C)[C@H]3CC[C@]12C)[C@@H](C)CO. The van der Waals surface area contributed by atoms with Gasteiger partial charge in [0.15, 0.2) is 5.78 Å². The first kappa shape index (κ1) is 28.2. The van der Waals surface area contributed by atoms with Gasteiger partial charge in [-0.2, -0.15) is 0 Å². The van der Waals surface area contributed by atoms with Crippen molar-refractivity contribution in [3.8, 4) is 0 Å². The van der Waals surface area contributed by atoms with Crippen molar-refractivity contribution in [1.29, 1.82) is 0 Å². The van der Waals surface area contributed by atoms with Crippen LogP contribution in [0, 0.1) is 40.4 Å². The lowest BCUT2D eigenvalue weighted by Gasteiger charge is -2.60. The highest BCUT2D eigenvalue weighted by atomic mass is 16.3. The van der Waals surface area contributed by atoms with Crippen LogP contribution in [0.4, 0.5) is 0 Å². The van der Waals surface area contributed by atoms with Gasteiger partial charge in [0.05, 0.1) is 29.5 Å². The highest BCUT2D eigenvalue weighted by Gasteiger charge is 2.69. The minimum absolute atomic E-state index is 0.0171. The molecule has 4 aliphatic carbocycles. The van der Waals surface area contributed by atoms with Gasteiger partial charge in [-0.3, -0.25) is 4.79 Å². The van der Waals surface area contributed by atoms with Crippen LogP contribution >= 0.6 is 0 Å². The monoisotopic (exact) mass is 508 g/mol. The number of rotatable bonds is 7. The molecular weight excluding hydrogens is 460 g/mol. The molecule has 7 heteroatoms. The minimum atomic E-state index is -1.44.